The molecule has 1 saturated heterocycles. The van der Waals surface area contributed by atoms with Crippen LogP contribution in [0.15, 0.2) is 18.2 Å². The Hall–Kier alpha value is -1.13. The van der Waals surface area contributed by atoms with E-state index in [4.69, 9.17) is 11.6 Å². The molecule has 1 aromatic carbocycles. The number of nitrogens with one attached hydrogen (secondary N) is 2. The second-order valence-corrected chi connectivity index (χ2v) is 4.95. The quantitative estimate of drug-likeness (QED) is 0.853. The van der Waals surface area contributed by atoms with Gasteiger partial charge in [-0.2, -0.15) is 0 Å². The van der Waals surface area contributed by atoms with Gasteiger partial charge in [-0.05, 0) is 32.0 Å². The number of amides is 1. The van der Waals surface area contributed by atoms with Gasteiger partial charge in [-0.15, -0.1) is 0 Å². The van der Waals surface area contributed by atoms with Gasteiger partial charge in [0.1, 0.15) is 0 Å². The summed E-state index contributed by atoms with van der Waals surface area (Å²) in [5, 5.41) is 5.73. The molecular weight excluding hydrogens is 243 g/mol. The van der Waals surface area contributed by atoms with E-state index in [1.165, 1.54) is 12.1 Å². The van der Waals surface area contributed by atoms with Gasteiger partial charge in [0.15, 0.2) is 5.82 Å². The smallest absolute Gasteiger partial charge is 0.231 e. The summed E-state index contributed by atoms with van der Waals surface area (Å²) in [6.07, 6.45) is 0.751. The Morgan fingerprint density at radius 1 is 1.59 bits per heavy atom. The van der Waals surface area contributed by atoms with Crippen molar-refractivity contribution in [3.8, 4) is 0 Å². The van der Waals surface area contributed by atoms with Gasteiger partial charge in [-0.1, -0.05) is 17.7 Å². The van der Waals surface area contributed by atoms with Gasteiger partial charge in [0, 0.05) is 6.54 Å². The Bertz CT molecular complexity index is 444. The lowest BCUT2D eigenvalue weighted by Gasteiger charge is -2.21. The lowest BCUT2D eigenvalue weighted by Crippen LogP contribution is -2.35. The highest BCUT2D eigenvalue weighted by Gasteiger charge is 2.36. The second-order valence-electron chi connectivity index (χ2n) is 4.54. The van der Waals surface area contributed by atoms with Crippen molar-refractivity contribution in [2.24, 2.45) is 5.41 Å². The summed E-state index contributed by atoms with van der Waals surface area (Å²) in [5.41, 5.74) is -0.343. The van der Waals surface area contributed by atoms with Crippen molar-refractivity contribution in [2.75, 3.05) is 18.4 Å². The molecular formula is C12H14ClFN2O. The number of hydrogen-bond acceptors (Lipinski definition) is 2. The Kier molecular flexibility index (Phi) is 3.35. The molecule has 0 spiro atoms. The average Bonchev–Trinajstić information content (AvgIpc) is 2.73. The maximum absolute atomic E-state index is 13.6. The zero-order valence-electron chi connectivity index (χ0n) is 9.52. The molecule has 2 rings (SSSR count). The second kappa shape index (κ2) is 4.63. The maximum atomic E-state index is 13.6. The first-order chi connectivity index (χ1) is 8.03. The van der Waals surface area contributed by atoms with Crippen molar-refractivity contribution in [1.29, 1.82) is 0 Å². The van der Waals surface area contributed by atoms with Crippen LogP contribution in [-0.4, -0.2) is 19.0 Å². The van der Waals surface area contributed by atoms with Crippen LogP contribution in [0.5, 0.6) is 0 Å². The number of hydrogen-bond donors (Lipinski definition) is 2. The molecule has 1 heterocycles. The van der Waals surface area contributed by atoms with E-state index in [1.807, 2.05) is 6.92 Å². The predicted octanol–water partition coefficient (Wildman–Crippen LogP) is 2.42. The van der Waals surface area contributed by atoms with E-state index in [2.05, 4.69) is 10.6 Å². The first-order valence-electron chi connectivity index (χ1n) is 5.49. The van der Waals surface area contributed by atoms with E-state index in [0.29, 0.717) is 6.54 Å². The van der Waals surface area contributed by atoms with Crippen LogP contribution in [0, 0.1) is 11.2 Å². The van der Waals surface area contributed by atoms with Crippen LogP contribution in [0.25, 0.3) is 0 Å². The third-order valence-electron chi connectivity index (χ3n) is 3.12. The molecule has 1 amide bonds. The fourth-order valence-corrected chi connectivity index (χ4v) is 2.06. The zero-order valence-corrected chi connectivity index (χ0v) is 10.3. The lowest BCUT2D eigenvalue weighted by molar-refractivity contribution is -0.123. The molecule has 2 N–H and O–H groups in total. The van der Waals surface area contributed by atoms with Gasteiger partial charge in [0.2, 0.25) is 5.91 Å². The monoisotopic (exact) mass is 256 g/mol. The topological polar surface area (TPSA) is 41.1 Å². The molecule has 1 unspecified atom stereocenters. The van der Waals surface area contributed by atoms with E-state index in [0.717, 1.165) is 13.0 Å². The summed E-state index contributed by atoms with van der Waals surface area (Å²) in [4.78, 5) is 12.0. The van der Waals surface area contributed by atoms with Crippen LogP contribution in [0.4, 0.5) is 10.1 Å². The normalized spacial score (nSPS) is 23.7. The van der Waals surface area contributed by atoms with Crippen LogP contribution in [0.1, 0.15) is 13.3 Å². The van der Waals surface area contributed by atoms with Gasteiger partial charge < -0.3 is 10.6 Å². The number of carbonyl (C=O) groups is 1. The van der Waals surface area contributed by atoms with Crippen molar-refractivity contribution in [2.45, 2.75) is 13.3 Å². The third-order valence-corrected chi connectivity index (χ3v) is 3.41. The number of halogens is 2. The third kappa shape index (κ3) is 2.42. The van der Waals surface area contributed by atoms with Gasteiger partial charge in [-0.3, -0.25) is 4.79 Å². The van der Waals surface area contributed by atoms with Crippen molar-refractivity contribution < 1.29 is 9.18 Å². The van der Waals surface area contributed by atoms with E-state index in [9.17, 15) is 9.18 Å². The number of benzene rings is 1. The minimum Gasteiger partial charge on any atom is -0.323 e. The summed E-state index contributed by atoms with van der Waals surface area (Å²) in [5.74, 6) is -0.763. The molecule has 1 aliphatic heterocycles. The zero-order chi connectivity index (χ0) is 12.5. The first kappa shape index (κ1) is 12.3. The highest BCUT2D eigenvalue weighted by molar-refractivity contribution is 6.31. The SMILES string of the molecule is CC1(C(=O)Nc2cccc(Cl)c2F)CCNC1. The fourth-order valence-electron chi connectivity index (χ4n) is 1.88. The summed E-state index contributed by atoms with van der Waals surface area (Å²) in [6, 6.07) is 4.56. The molecule has 1 aliphatic rings. The largest absolute Gasteiger partial charge is 0.323 e. The van der Waals surface area contributed by atoms with E-state index < -0.39 is 11.2 Å². The molecule has 0 radical (unpaired) electrons. The molecule has 1 aromatic rings. The van der Waals surface area contributed by atoms with Crippen LogP contribution >= 0.6 is 11.6 Å². The van der Waals surface area contributed by atoms with Gasteiger partial charge in [-0.25, -0.2) is 4.39 Å². The minimum atomic E-state index is -0.586. The Labute approximate surface area is 104 Å². The average molecular weight is 257 g/mol. The Balaban J connectivity index is 2.16. The van der Waals surface area contributed by atoms with Crippen molar-refractivity contribution in [3.05, 3.63) is 29.0 Å². The highest BCUT2D eigenvalue weighted by atomic mass is 35.5. The van der Waals surface area contributed by atoms with Gasteiger partial charge in [0.25, 0.3) is 0 Å². The van der Waals surface area contributed by atoms with E-state index in [1.54, 1.807) is 6.07 Å². The van der Waals surface area contributed by atoms with E-state index in [-0.39, 0.29) is 16.6 Å². The fraction of sp³-hybridized carbons (Fsp3) is 0.417. The summed E-state index contributed by atoms with van der Waals surface area (Å²) in [6.45, 7) is 3.29. The maximum Gasteiger partial charge on any atom is 0.231 e. The first-order valence-corrected chi connectivity index (χ1v) is 5.87. The van der Waals surface area contributed by atoms with Crippen molar-refractivity contribution in [1.82, 2.24) is 5.32 Å². The van der Waals surface area contributed by atoms with Crippen LogP contribution in [0.3, 0.4) is 0 Å². The minimum absolute atomic E-state index is 0.0116. The van der Waals surface area contributed by atoms with Crippen LogP contribution in [-0.2, 0) is 4.79 Å². The summed E-state index contributed by atoms with van der Waals surface area (Å²) < 4.78 is 13.6. The van der Waals surface area contributed by atoms with Crippen LogP contribution in [0.2, 0.25) is 5.02 Å². The predicted molar refractivity (Wildman–Crippen MR) is 65.6 cm³/mol. The van der Waals surface area contributed by atoms with Crippen molar-refractivity contribution in [3.63, 3.8) is 0 Å². The molecule has 17 heavy (non-hydrogen) atoms. The molecule has 1 fully saturated rings. The number of carbonyl (C=O) groups excluding carboxylic acids is 1. The highest BCUT2D eigenvalue weighted by Crippen LogP contribution is 2.28. The lowest BCUT2D eigenvalue weighted by atomic mass is 9.89. The Morgan fingerprint density at radius 3 is 3.00 bits per heavy atom. The number of anilines is 1. The molecule has 0 aromatic heterocycles. The molecule has 0 aliphatic carbocycles. The van der Waals surface area contributed by atoms with Gasteiger partial charge >= 0.3 is 0 Å². The van der Waals surface area contributed by atoms with Crippen LogP contribution < -0.4 is 10.6 Å². The molecule has 92 valence electrons. The molecule has 0 bridgehead atoms. The molecule has 5 heteroatoms. The standard InChI is InChI=1S/C12H14ClFN2O/c1-12(5-6-15-7-12)11(17)16-9-4-2-3-8(13)10(9)14/h2-4,15H,5-7H2,1H3,(H,16,17). The van der Waals surface area contributed by atoms with Crippen molar-refractivity contribution >= 4 is 23.2 Å². The van der Waals surface area contributed by atoms with E-state index >= 15 is 0 Å². The van der Waals surface area contributed by atoms with Gasteiger partial charge in [0.05, 0.1) is 16.1 Å². The summed E-state index contributed by atoms with van der Waals surface area (Å²) in [7, 11) is 0. The molecule has 0 saturated carbocycles. The molecule has 3 nitrogen and oxygen atoms in total. The number of rotatable bonds is 2. The molecule has 1 atom stereocenters. The Morgan fingerprint density at radius 2 is 2.35 bits per heavy atom. The summed E-state index contributed by atoms with van der Waals surface area (Å²) >= 11 is 5.65.